The molecule has 0 radical (unpaired) electrons. The van der Waals surface area contributed by atoms with Gasteiger partial charge in [-0.25, -0.2) is 9.97 Å². The fraction of sp³-hybridized carbons (Fsp3) is 0.688. The van der Waals surface area contributed by atoms with Crippen molar-refractivity contribution in [3.8, 4) is 0 Å². The maximum absolute atomic E-state index is 12.0. The fourth-order valence-corrected chi connectivity index (χ4v) is 3.12. The zero-order valence-electron chi connectivity index (χ0n) is 13.8. The van der Waals surface area contributed by atoms with Crippen LogP contribution in [0.3, 0.4) is 0 Å². The van der Waals surface area contributed by atoms with E-state index in [2.05, 4.69) is 20.6 Å². The number of anilines is 2. The summed E-state index contributed by atoms with van der Waals surface area (Å²) >= 11 is 0. The molecule has 2 saturated heterocycles. The fourth-order valence-electron chi connectivity index (χ4n) is 3.12. The molecule has 126 valence electrons. The molecule has 0 aromatic carbocycles. The van der Waals surface area contributed by atoms with Gasteiger partial charge in [-0.3, -0.25) is 4.79 Å². The lowest BCUT2D eigenvalue weighted by molar-refractivity contribution is -0.129. The van der Waals surface area contributed by atoms with Gasteiger partial charge >= 0.3 is 0 Å². The number of hydrogen-bond acceptors (Lipinski definition) is 6. The Bertz CT molecular complexity index is 545. The molecule has 2 fully saturated rings. The van der Waals surface area contributed by atoms with E-state index in [-0.39, 0.29) is 18.0 Å². The number of carbonyl (C=O) groups excluding carboxylic acids is 1. The molecule has 0 aliphatic carbocycles. The van der Waals surface area contributed by atoms with Crippen molar-refractivity contribution in [2.75, 3.05) is 30.4 Å². The van der Waals surface area contributed by atoms with Crippen molar-refractivity contribution >= 4 is 17.5 Å². The van der Waals surface area contributed by atoms with Gasteiger partial charge in [0.05, 0.1) is 18.7 Å². The van der Waals surface area contributed by atoms with E-state index >= 15 is 0 Å². The number of amides is 1. The number of rotatable bonds is 5. The first kappa shape index (κ1) is 16.0. The lowest BCUT2D eigenvalue weighted by Gasteiger charge is -2.24. The van der Waals surface area contributed by atoms with Crippen LogP contribution in [-0.4, -0.2) is 58.7 Å². The van der Waals surface area contributed by atoms with Gasteiger partial charge in [0.25, 0.3) is 0 Å². The van der Waals surface area contributed by atoms with Gasteiger partial charge in [0.1, 0.15) is 18.0 Å². The van der Waals surface area contributed by atoms with E-state index in [4.69, 9.17) is 4.74 Å². The Kier molecular flexibility index (Phi) is 4.95. The summed E-state index contributed by atoms with van der Waals surface area (Å²) in [5.74, 6) is 1.75. The van der Waals surface area contributed by atoms with Crippen molar-refractivity contribution in [1.29, 1.82) is 0 Å². The normalized spacial score (nSPS) is 25.0. The summed E-state index contributed by atoms with van der Waals surface area (Å²) in [7, 11) is 0. The molecule has 0 unspecified atom stereocenters. The van der Waals surface area contributed by atoms with Crippen LogP contribution >= 0.6 is 0 Å². The summed E-state index contributed by atoms with van der Waals surface area (Å²) in [5.41, 5.74) is 0. The van der Waals surface area contributed by atoms with Crippen molar-refractivity contribution < 1.29 is 9.53 Å². The molecule has 0 saturated carbocycles. The molecule has 1 amide bonds. The summed E-state index contributed by atoms with van der Waals surface area (Å²) in [5, 5.41) is 6.74. The summed E-state index contributed by atoms with van der Waals surface area (Å²) in [4.78, 5) is 22.4. The summed E-state index contributed by atoms with van der Waals surface area (Å²) in [6.45, 7) is 6.36. The van der Waals surface area contributed by atoms with Crippen molar-refractivity contribution in [3.05, 3.63) is 12.4 Å². The van der Waals surface area contributed by atoms with E-state index in [0.717, 1.165) is 37.6 Å². The number of nitrogens with zero attached hydrogens (tertiary/aromatic N) is 3. The third-order valence-corrected chi connectivity index (χ3v) is 4.31. The lowest BCUT2D eigenvalue weighted by Crippen LogP contribution is -2.33. The molecule has 2 aliphatic heterocycles. The number of ether oxygens (including phenoxy) is 1. The van der Waals surface area contributed by atoms with Gasteiger partial charge < -0.3 is 20.3 Å². The average Bonchev–Trinajstić information content (AvgIpc) is 2.89. The van der Waals surface area contributed by atoms with Gasteiger partial charge in [-0.1, -0.05) is 0 Å². The molecule has 2 aliphatic rings. The lowest BCUT2D eigenvalue weighted by atomic mass is 10.1. The number of aromatic nitrogens is 2. The van der Waals surface area contributed by atoms with Crippen molar-refractivity contribution in [3.63, 3.8) is 0 Å². The van der Waals surface area contributed by atoms with Crippen LogP contribution in [0.4, 0.5) is 11.6 Å². The van der Waals surface area contributed by atoms with Crippen LogP contribution in [-0.2, 0) is 9.53 Å². The second-order valence-electron chi connectivity index (χ2n) is 6.53. The Hall–Kier alpha value is -1.89. The zero-order chi connectivity index (χ0) is 16.2. The Morgan fingerprint density at radius 1 is 1.26 bits per heavy atom. The maximum atomic E-state index is 12.0. The molecule has 0 bridgehead atoms. The van der Waals surface area contributed by atoms with E-state index in [1.165, 1.54) is 0 Å². The third kappa shape index (κ3) is 4.10. The minimum absolute atomic E-state index is 0.102. The first-order chi connectivity index (χ1) is 11.1. The average molecular weight is 319 g/mol. The minimum Gasteiger partial charge on any atom is -0.379 e. The molecular formula is C16H25N5O2. The predicted octanol–water partition coefficient (Wildman–Crippen LogP) is 1.49. The predicted molar refractivity (Wildman–Crippen MR) is 88.4 cm³/mol. The number of carbonyl (C=O) groups is 1. The highest BCUT2D eigenvalue weighted by Gasteiger charge is 2.31. The van der Waals surface area contributed by atoms with Crippen LogP contribution in [0.5, 0.6) is 0 Å². The van der Waals surface area contributed by atoms with Gasteiger partial charge in [-0.2, -0.15) is 0 Å². The Morgan fingerprint density at radius 2 is 2.00 bits per heavy atom. The maximum Gasteiger partial charge on any atom is 0.225 e. The Labute approximate surface area is 136 Å². The Morgan fingerprint density at radius 3 is 2.61 bits per heavy atom. The zero-order valence-corrected chi connectivity index (χ0v) is 13.8. The number of nitrogens with one attached hydrogen (secondary N) is 2. The van der Waals surface area contributed by atoms with Crippen LogP contribution in [0.2, 0.25) is 0 Å². The molecule has 2 atom stereocenters. The van der Waals surface area contributed by atoms with E-state index in [9.17, 15) is 4.79 Å². The van der Waals surface area contributed by atoms with E-state index < -0.39 is 0 Å². The van der Waals surface area contributed by atoms with Crippen molar-refractivity contribution in [2.45, 2.75) is 51.2 Å². The molecule has 3 heterocycles. The summed E-state index contributed by atoms with van der Waals surface area (Å²) < 4.78 is 5.47. The van der Waals surface area contributed by atoms with E-state index in [1.54, 1.807) is 6.33 Å². The van der Waals surface area contributed by atoms with Gasteiger partial charge in [0.15, 0.2) is 0 Å². The van der Waals surface area contributed by atoms with Gasteiger partial charge in [0, 0.05) is 31.7 Å². The molecule has 3 rings (SSSR count). The SMILES string of the molecule is CC(C)N1C[C@H](Nc2cc(N[C@H]3CCCOC3)ncn2)CC1=O. The van der Waals surface area contributed by atoms with Crippen LogP contribution in [0.15, 0.2) is 12.4 Å². The Balaban J connectivity index is 1.58. The smallest absolute Gasteiger partial charge is 0.225 e. The molecule has 7 heteroatoms. The third-order valence-electron chi connectivity index (χ3n) is 4.31. The number of hydrogen-bond donors (Lipinski definition) is 2. The first-order valence-electron chi connectivity index (χ1n) is 8.34. The first-order valence-corrected chi connectivity index (χ1v) is 8.34. The largest absolute Gasteiger partial charge is 0.379 e. The highest BCUT2D eigenvalue weighted by atomic mass is 16.5. The molecule has 2 N–H and O–H groups in total. The molecule has 1 aromatic rings. The van der Waals surface area contributed by atoms with Crippen LogP contribution in [0.25, 0.3) is 0 Å². The van der Waals surface area contributed by atoms with Gasteiger partial charge in [-0.15, -0.1) is 0 Å². The van der Waals surface area contributed by atoms with Gasteiger partial charge in [0.2, 0.25) is 5.91 Å². The van der Waals surface area contributed by atoms with E-state index in [1.807, 2.05) is 24.8 Å². The summed E-state index contributed by atoms with van der Waals surface area (Å²) in [6.07, 6.45) is 4.23. The topological polar surface area (TPSA) is 79.4 Å². The van der Waals surface area contributed by atoms with Crippen molar-refractivity contribution in [2.24, 2.45) is 0 Å². The number of likely N-dealkylation sites (tertiary alicyclic amines) is 1. The van der Waals surface area contributed by atoms with Crippen molar-refractivity contribution in [1.82, 2.24) is 14.9 Å². The molecule has 0 spiro atoms. The van der Waals surface area contributed by atoms with Crippen LogP contribution < -0.4 is 10.6 Å². The summed E-state index contributed by atoms with van der Waals surface area (Å²) in [6, 6.07) is 2.54. The molecular weight excluding hydrogens is 294 g/mol. The molecule has 23 heavy (non-hydrogen) atoms. The minimum atomic E-state index is 0.102. The second kappa shape index (κ2) is 7.12. The molecule has 7 nitrogen and oxygen atoms in total. The monoisotopic (exact) mass is 319 g/mol. The molecule has 1 aromatic heterocycles. The van der Waals surface area contributed by atoms with Gasteiger partial charge in [-0.05, 0) is 26.7 Å². The van der Waals surface area contributed by atoms with Crippen LogP contribution in [0.1, 0.15) is 33.1 Å². The standard InChI is InChI=1S/C16H25N5O2/c1-11(2)21-8-13(6-16(21)22)20-15-7-14(17-10-18-15)19-12-4-3-5-23-9-12/h7,10-13H,3-6,8-9H2,1-2H3,(H2,17,18,19,20)/t12-,13+/m0/s1. The highest BCUT2D eigenvalue weighted by molar-refractivity contribution is 5.80. The highest BCUT2D eigenvalue weighted by Crippen LogP contribution is 2.19. The second-order valence-corrected chi connectivity index (χ2v) is 6.53. The van der Waals surface area contributed by atoms with Crippen LogP contribution in [0, 0.1) is 0 Å². The quantitative estimate of drug-likeness (QED) is 0.856. The van der Waals surface area contributed by atoms with E-state index in [0.29, 0.717) is 19.1 Å².